The zero-order valence-corrected chi connectivity index (χ0v) is 21.6. The number of pyridine rings is 1. The van der Waals surface area contributed by atoms with Crippen LogP contribution in [-0.4, -0.2) is 66.9 Å². The van der Waals surface area contributed by atoms with Crippen LogP contribution in [0.1, 0.15) is 42.5 Å². The lowest BCUT2D eigenvalue weighted by Crippen LogP contribution is -2.47. The summed E-state index contributed by atoms with van der Waals surface area (Å²) in [6.45, 7) is 2.76. The Labute approximate surface area is 224 Å². The van der Waals surface area contributed by atoms with Gasteiger partial charge in [-0.15, -0.1) is 0 Å². The predicted molar refractivity (Wildman–Crippen MR) is 145 cm³/mol. The van der Waals surface area contributed by atoms with Gasteiger partial charge in [-0.2, -0.15) is 0 Å². The van der Waals surface area contributed by atoms with Gasteiger partial charge in [0.05, 0.1) is 17.4 Å². The number of hydrogen-bond donors (Lipinski definition) is 1. The fraction of sp³-hybridized carbons (Fsp3) is 0.367. The number of rotatable bonds is 3. The number of Topliss-reactive ketones (excluding diaryl/α,β-unsaturated/α-hetero) is 1. The first-order valence-corrected chi connectivity index (χ1v) is 13.7. The SMILES string of the molecule is O=C1CCC(c2cnc3ccccn23)=C1c1cn2c3c(cc(F)cc13)CN(C(=O)N1CCC(CO)CC1)CC2. The summed E-state index contributed by atoms with van der Waals surface area (Å²) in [7, 11) is 0. The van der Waals surface area contributed by atoms with E-state index in [1.807, 2.05) is 46.1 Å². The molecule has 1 saturated heterocycles. The third kappa shape index (κ3) is 3.95. The van der Waals surface area contributed by atoms with E-state index in [1.165, 1.54) is 12.1 Å². The second kappa shape index (κ2) is 9.34. The predicted octanol–water partition coefficient (Wildman–Crippen LogP) is 4.34. The Morgan fingerprint density at radius 1 is 1.08 bits per heavy atom. The number of imidazole rings is 1. The molecule has 5 heterocycles. The van der Waals surface area contributed by atoms with E-state index in [9.17, 15) is 14.7 Å². The van der Waals surface area contributed by atoms with Crippen molar-refractivity contribution in [2.45, 2.75) is 38.8 Å². The molecule has 3 aliphatic rings. The topological polar surface area (TPSA) is 83.1 Å². The van der Waals surface area contributed by atoms with Crippen molar-refractivity contribution in [1.29, 1.82) is 0 Å². The number of carbonyl (C=O) groups is 2. The summed E-state index contributed by atoms with van der Waals surface area (Å²) in [6.07, 6.45) is 8.34. The van der Waals surface area contributed by atoms with Crippen LogP contribution in [0, 0.1) is 11.7 Å². The summed E-state index contributed by atoms with van der Waals surface area (Å²) < 4.78 is 19.2. The van der Waals surface area contributed by atoms with Gasteiger partial charge >= 0.3 is 6.03 Å². The molecular formula is C30H30FN5O3. The van der Waals surface area contributed by atoms with Gasteiger partial charge in [-0.05, 0) is 60.6 Å². The number of aromatic nitrogens is 3. The maximum Gasteiger partial charge on any atom is 0.320 e. The second-order valence-electron chi connectivity index (χ2n) is 10.9. The second-order valence-corrected chi connectivity index (χ2v) is 10.9. The molecule has 1 aliphatic carbocycles. The maximum atomic E-state index is 15.1. The number of amides is 2. The van der Waals surface area contributed by atoms with E-state index in [2.05, 4.69) is 9.55 Å². The van der Waals surface area contributed by atoms with Gasteiger partial charge in [-0.1, -0.05) is 6.07 Å². The lowest BCUT2D eigenvalue weighted by molar-refractivity contribution is -0.113. The van der Waals surface area contributed by atoms with Crippen LogP contribution in [0.15, 0.2) is 48.9 Å². The minimum atomic E-state index is -0.378. The van der Waals surface area contributed by atoms with Crippen LogP contribution in [0.2, 0.25) is 0 Å². The zero-order chi connectivity index (χ0) is 26.7. The summed E-state index contributed by atoms with van der Waals surface area (Å²) in [5, 5.41) is 10.2. The van der Waals surface area contributed by atoms with Gasteiger partial charge in [0.2, 0.25) is 0 Å². The minimum Gasteiger partial charge on any atom is -0.396 e. The van der Waals surface area contributed by atoms with Gasteiger partial charge in [-0.3, -0.25) is 9.20 Å². The normalized spacial score (nSPS) is 18.6. The first kappa shape index (κ1) is 24.1. The molecule has 8 nitrogen and oxygen atoms in total. The lowest BCUT2D eigenvalue weighted by Gasteiger charge is -2.35. The number of allylic oxidation sites excluding steroid dienone is 2. The quantitative estimate of drug-likeness (QED) is 0.430. The Morgan fingerprint density at radius 3 is 2.74 bits per heavy atom. The van der Waals surface area contributed by atoms with E-state index < -0.39 is 0 Å². The van der Waals surface area contributed by atoms with E-state index >= 15 is 4.39 Å². The molecule has 1 fully saturated rings. The van der Waals surface area contributed by atoms with Crippen molar-refractivity contribution in [3.05, 3.63) is 71.6 Å². The number of likely N-dealkylation sites (tertiary alicyclic amines) is 1. The summed E-state index contributed by atoms with van der Waals surface area (Å²) in [6, 6.07) is 8.80. The fourth-order valence-corrected chi connectivity index (χ4v) is 6.55. The van der Waals surface area contributed by atoms with Gasteiger partial charge in [0.25, 0.3) is 0 Å². The van der Waals surface area contributed by atoms with Crippen molar-refractivity contribution in [2.24, 2.45) is 5.92 Å². The van der Waals surface area contributed by atoms with Crippen molar-refractivity contribution in [2.75, 3.05) is 26.2 Å². The zero-order valence-electron chi connectivity index (χ0n) is 21.6. The molecule has 9 heteroatoms. The van der Waals surface area contributed by atoms with Crippen molar-refractivity contribution >= 4 is 39.5 Å². The molecule has 1 aromatic carbocycles. The number of fused-ring (bicyclic) bond motifs is 1. The smallest absolute Gasteiger partial charge is 0.320 e. The molecule has 200 valence electrons. The highest BCUT2D eigenvalue weighted by Gasteiger charge is 2.32. The maximum absolute atomic E-state index is 15.1. The summed E-state index contributed by atoms with van der Waals surface area (Å²) in [4.78, 5) is 34.9. The van der Waals surface area contributed by atoms with E-state index in [4.69, 9.17) is 0 Å². The molecule has 3 aromatic heterocycles. The Kier molecular flexibility index (Phi) is 5.77. The molecule has 2 aliphatic heterocycles. The standard InChI is InChI=1S/C30H30FN5O3/c31-21-13-20-16-35(30(39)33-9-6-19(18-37)7-10-33)12-11-34-17-24(23(14-21)29(20)34)28-22(4-5-26(28)38)25-15-32-27-3-1-2-8-36(25)27/h1-3,8,13-15,17,19,37H,4-7,9-12,16,18H2. The molecule has 39 heavy (non-hydrogen) atoms. The first-order valence-electron chi connectivity index (χ1n) is 13.7. The third-order valence-electron chi connectivity index (χ3n) is 8.58. The van der Waals surface area contributed by atoms with Crippen LogP contribution in [0.25, 0.3) is 27.7 Å². The summed E-state index contributed by atoms with van der Waals surface area (Å²) >= 11 is 0. The number of urea groups is 1. The van der Waals surface area contributed by atoms with Gasteiger partial charge in [0.1, 0.15) is 11.5 Å². The molecule has 0 bridgehead atoms. The Morgan fingerprint density at radius 2 is 1.92 bits per heavy atom. The van der Waals surface area contributed by atoms with Crippen LogP contribution in [0.5, 0.6) is 0 Å². The van der Waals surface area contributed by atoms with Crippen molar-refractivity contribution in [1.82, 2.24) is 23.8 Å². The van der Waals surface area contributed by atoms with Crippen LogP contribution >= 0.6 is 0 Å². The molecule has 4 aromatic rings. The van der Waals surface area contributed by atoms with E-state index in [1.54, 1.807) is 4.90 Å². The molecule has 0 unspecified atom stereocenters. The largest absolute Gasteiger partial charge is 0.396 e. The number of carbonyl (C=O) groups excluding carboxylic acids is 2. The van der Waals surface area contributed by atoms with Gasteiger partial charge < -0.3 is 19.5 Å². The molecular weight excluding hydrogens is 497 g/mol. The molecule has 2 amide bonds. The highest BCUT2D eigenvalue weighted by molar-refractivity contribution is 6.33. The van der Waals surface area contributed by atoms with E-state index in [-0.39, 0.29) is 30.2 Å². The van der Waals surface area contributed by atoms with E-state index in [0.717, 1.165) is 46.4 Å². The van der Waals surface area contributed by atoms with E-state index in [0.29, 0.717) is 56.5 Å². The summed E-state index contributed by atoms with van der Waals surface area (Å²) in [5.74, 6) is -0.0731. The highest BCUT2D eigenvalue weighted by Crippen LogP contribution is 2.42. The fourth-order valence-electron chi connectivity index (χ4n) is 6.55. The third-order valence-corrected chi connectivity index (χ3v) is 8.58. The van der Waals surface area contributed by atoms with Gasteiger partial charge in [-0.25, -0.2) is 14.2 Å². The first-order chi connectivity index (χ1) is 19.0. The minimum absolute atomic E-state index is 0.0432. The number of benzene rings is 1. The number of hydrogen-bond acceptors (Lipinski definition) is 4. The van der Waals surface area contributed by atoms with Gasteiger partial charge in [0, 0.05) is 74.7 Å². The molecule has 1 N–H and O–H groups in total. The van der Waals surface area contributed by atoms with Crippen molar-refractivity contribution in [3.63, 3.8) is 0 Å². The number of ketones is 1. The average molecular weight is 528 g/mol. The number of aliphatic hydroxyl groups excluding tert-OH is 1. The average Bonchev–Trinajstić information content (AvgIpc) is 3.61. The lowest BCUT2D eigenvalue weighted by atomic mass is 9.97. The Bertz CT molecular complexity index is 1660. The molecule has 0 saturated carbocycles. The van der Waals surface area contributed by atoms with Crippen molar-refractivity contribution < 1.29 is 19.1 Å². The number of nitrogens with zero attached hydrogens (tertiary/aromatic N) is 5. The van der Waals surface area contributed by atoms with Crippen LogP contribution in [0.3, 0.4) is 0 Å². The van der Waals surface area contributed by atoms with Crippen LogP contribution in [-0.2, 0) is 17.9 Å². The molecule has 0 atom stereocenters. The molecule has 0 spiro atoms. The number of piperidine rings is 1. The molecule has 0 radical (unpaired) electrons. The van der Waals surface area contributed by atoms with Crippen LogP contribution in [0.4, 0.5) is 9.18 Å². The Hall–Kier alpha value is -3.98. The summed E-state index contributed by atoms with van der Waals surface area (Å²) in [5.41, 5.74) is 5.65. The Balaban J connectivity index is 1.29. The molecule has 7 rings (SSSR count). The number of halogens is 1. The van der Waals surface area contributed by atoms with Crippen molar-refractivity contribution in [3.8, 4) is 0 Å². The number of aliphatic hydroxyl groups is 1. The monoisotopic (exact) mass is 527 g/mol. The highest BCUT2D eigenvalue weighted by atomic mass is 19.1. The van der Waals surface area contributed by atoms with Gasteiger partial charge in [0.15, 0.2) is 5.78 Å². The van der Waals surface area contributed by atoms with Crippen LogP contribution < -0.4 is 0 Å².